The molecule has 88 valence electrons. The molecule has 1 aliphatic carbocycles. The summed E-state index contributed by atoms with van der Waals surface area (Å²) >= 11 is 0. The molecule has 4 heteroatoms. The zero-order valence-corrected chi connectivity index (χ0v) is 9.74. The van der Waals surface area contributed by atoms with Crippen LogP contribution in [0.1, 0.15) is 46.0 Å². The van der Waals surface area contributed by atoms with Crippen molar-refractivity contribution >= 4 is 5.84 Å². The Kier molecular flexibility index (Phi) is 4.88. The molecular formula is C11H23N3O. The van der Waals surface area contributed by atoms with Gasteiger partial charge < -0.3 is 16.3 Å². The van der Waals surface area contributed by atoms with Crippen molar-refractivity contribution in [3.63, 3.8) is 0 Å². The van der Waals surface area contributed by atoms with Gasteiger partial charge in [-0.3, -0.25) is 0 Å². The average Bonchev–Trinajstić information content (AvgIpc) is 2.63. The molecular weight excluding hydrogens is 190 g/mol. The average molecular weight is 213 g/mol. The second-order valence-corrected chi connectivity index (χ2v) is 4.58. The van der Waals surface area contributed by atoms with Crippen molar-refractivity contribution in [3.8, 4) is 0 Å². The lowest BCUT2D eigenvalue weighted by molar-refractivity contribution is 0.313. The summed E-state index contributed by atoms with van der Waals surface area (Å²) in [5.74, 6) is 1.08. The van der Waals surface area contributed by atoms with E-state index in [4.69, 9.17) is 10.9 Å². The minimum absolute atomic E-state index is 0.319. The summed E-state index contributed by atoms with van der Waals surface area (Å²) in [4.78, 5) is 0. The van der Waals surface area contributed by atoms with Crippen molar-refractivity contribution in [1.82, 2.24) is 5.32 Å². The standard InChI is InChI=1S/C11H23N3O/c1-3-9(7-11(12)14-15)13-10-6-4-5-8(10)2/h8-10,13,15H,3-7H2,1-2H3,(H2,12,14). The van der Waals surface area contributed by atoms with E-state index in [0.717, 1.165) is 12.3 Å². The molecule has 0 bridgehead atoms. The van der Waals surface area contributed by atoms with E-state index in [-0.39, 0.29) is 0 Å². The molecule has 0 radical (unpaired) electrons. The molecule has 1 rings (SSSR count). The Morgan fingerprint density at radius 3 is 2.80 bits per heavy atom. The molecule has 1 fully saturated rings. The van der Waals surface area contributed by atoms with Crippen molar-refractivity contribution in [1.29, 1.82) is 0 Å². The number of nitrogens with two attached hydrogens (primary N) is 1. The van der Waals surface area contributed by atoms with Crippen molar-refractivity contribution in [3.05, 3.63) is 0 Å². The number of nitrogens with zero attached hydrogens (tertiary/aromatic N) is 1. The van der Waals surface area contributed by atoms with Crippen LogP contribution in [0.5, 0.6) is 0 Å². The molecule has 15 heavy (non-hydrogen) atoms. The van der Waals surface area contributed by atoms with Crippen molar-refractivity contribution in [2.45, 2.75) is 58.0 Å². The van der Waals surface area contributed by atoms with E-state index < -0.39 is 0 Å². The number of hydrogen-bond donors (Lipinski definition) is 3. The molecule has 0 spiro atoms. The van der Waals surface area contributed by atoms with Gasteiger partial charge in [0.2, 0.25) is 0 Å². The molecule has 0 aliphatic heterocycles. The van der Waals surface area contributed by atoms with E-state index >= 15 is 0 Å². The highest BCUT2D eigenvalue weighted by Gasteiger charge is 2.25. The van der Waals surface area contributed by atoms with Crippen LogP contribution in [0.15, 0.2) is 5.16 Å². The van der Waals surface area contributed by atoms with Crippen LogP contribution in [0.2, 0.25) is 0 Å². The minimum atomic E-state index is 0.319. The van der Waals surface area contributed by atoms with E-state index in [1.807, 2.05) is 0 Å². The Bertz CT molecular complexity index is 218. The van der Waals surface area contributed by atoms with Crippen LogP contribution in [0, 0.1) is 5.92 Å². The molecule has 0 aromatic rings. The van der Waals surface area contributed by atoms with Crippen LogP contribution in [0.4, 0.5) is 0 Å². The molecule has 3 atom stereocenters. The second kappa shape index (κ2) is 5.95. The largest absolute Gasteiger partial charge is 0.409 e. The Morgan fingerprint density at radius 2 is 2.33 bits per heavy atom. The third kappa shape index (κ3) is 3.70. The molecule has 1 saturated carbocycles. The third-order valence-corrected chi connectivity index (χ3v) is 3.39. The Morgan fingerprint density at radius 1 is 1.60 bits per heavy atom. The van der Waals surface area contributed by atoms with Gasteiger partial charge in [0.25, 0.3) is 0 Å². The highest BCUT2D eigenvalue weighted by molar-refractivity contribution is 5.80. The predicted octanol–water partition coefficient (Wildman–Crippen LogP) is 1.68. The van der Waals surface area contributed by atoms with Crippen molar-refractivity contribution < 1.29 is 5.21 Å². The first-order chi connectivity index (χ1) is 7.17. The Balaban J connectivity index is 2.39. The van der Waals surface area contributed by atoms with Gasteiger partial charge >= 0.3 is 0 Å². The SMILES string of the molecule is CCC(CC(N)=NO)NC1CCCC1C. The quantitative estimate of drug-likeness (QED) is 0.281. The summed E-state index contributed by atoms with van der Waals surface area (Å²) in [5, 5.41) is 15.2. The molecule has 0 heterocycles. The maximum absolute atomic E-state index is 8.53. The van der Waals surface area contributed by atoms with Gasteiger partial charge in [-0.15, -0.1) is 0 Å². The summed E-state index contributed by atoms with van der Waals surface area (Å²) in [7, 11) is 0. The zero-order valence-electron chi connectivity index (χ0n) is 9.74. The maximum atomic E-state index is 8.53. The number of oxime groups is 1. The first-order valence-electron chi connectivity index (χ1n) is 5.89. The fourth-order valence-corrected chi connectivity index (χ4v) is 2.31. The molecule has 0 aromatic heterocycles. The third-order valence-electron chi connectivity index (χ3n) is 3.39. The monoisotopic (exact) mass is 213 g/mol. The van der Waals surface area contributed by atoms with E-state index in [2.05, 4.69) is 24.3 Å². The van der Waals surface area contributed by atoms with E-state index in [9.17, 15) is 0 Å². The van der Waals surface area contributed by atoms with Gasteiger partial charge in [0, 0.05) is 18.5 Å². The summed E-state index contributed by atoms with van der Waals surface area (Å²) in [5.41, 5.74) is 5.52. The van der Waals surface area contributed by atoms with E-state index in [0.29, 0.717) is 24.3 Å². The molecule has 3 unspecified atom stereocenters. The van der Waals surface area contributed by atoms with Gasteiger partial charge in [-0.05, 0) is 25.2 Å². The highest BCUT2D eigenvalue weighted by atomic mass is 16.4. The number of amidine groups is 1. The smallest absolute Gasteiger partial charge is 0.140 e. The normalized spacial score (nSPS) is 29.3. The number of nitrogens with one attached hydrogen (secondary N) is 1. The van der Waals surface area contributed by atoms with Gasteiger partial charge in [0.1, 0.15) is 5.84 Å². The molecule has 0 aromatic carbocycles. The van der Waals surface area contributed by atoms with Gasteiger partial charge in [-0.1, -0.05) is 25.4 Å². The van der Waals surface area contributed by atoms with Crippen LogP contribution >= 0.6 is 0 Å². The van der Waals surface area contributed by atoms with E-state index in [1.165, 1.54) is 19.3 Å². The van der Waals surface area contributed by atoms with Crippen LogP contribution in [-0.2, 0) is 0 Å². The second-order valence-electron chi connectivity index (χ2n) is 4.58. The Labute approximate surface area is 91.9 Å². The van der Waals surface area contributed by atoms with Crippen LogP contribution in [0.25, 0.3) is 0 Å². The molecule has 1 aliphatic rings. The van der Waals surface area contributed by atoms with Crippen LogP contribution in [-0.4, -0.2) is 23.1 Å². The molecule has 4 nitrogen and oxygen atoms in total. The lowest BCUT2D eigenvalue weighted by Gasteiger charge is -2.24. The fraction of sp³-hybridized carbons (Fsp3) is 0.909. The topological polar surface area (TPSA) is 70.6 Å². The van der Waals surface area contributed by atoms with Gasteiger partial charge in [0.15, 0.2) is 0 Å². The summed E-state index contributed by atoms with van der Waals surface area (Å²) in [6.07, 6.45) is 5.54. The van der Waals surface area contributed by atoms with Crippen LogP contribution < -0.4 is 11.1 Å². The Hall–Kier alpha value is -0.770. The zero-order chi connectivity index (χ0) is 11.3. The summed E-state index contributed by atoms with van der Waals surface area (Å²) in [6.45, 7) is 4.42. The van der Waals surface area contributed by atoms with Crippen LogP contribution in [0.3, 0.4) is 0 Å². The fourth-order valence-electron chi connectivity index (χ4n) is 2.31. The van der Waals surface area contributed by atoms with Crippen molar-refractivity contribution in [2.24, 2.45) is 16.8 Å². The summed E-state index contributed by atoms with van der Waals surface area (Å²) in [6, 6.07) is 0.952. The van der Waals surface area contributed by atoms with Crippen molar-refractivity contribution in [2.75, 3.05) is 0 Å². The van der Waals surface area contributed by atoms with Gasteiger partial charge in [-0.25, -0.2) is 0 Å². The summed E-state index contributed by atoms with van der Waals surface area (Å²) < 4.78 is 0. The lowest BCUT2D eigenvalue weighted by atomic mass is 10.0. The van der Waals surface area contributed by atoms with Gasteiger partial charge in [0.05, 0.1) is 0 Å². The minimum Gasteiger partial charge on any atom is -0.409 e. The van der Waals surface area contributed by atoms with E-state index in [1.54, 1.807) is 0 Å². The first-order valence-corrected chi connectivity index (χ1v) is 5.89. The maximum Gasteiger partial charge on any atom is 0.140 e. The molecule has 0 saturated heterocycles. The number of hydrogen-bond acceptors (Lipinski definition) is 3. The first kappa shape index (κ1) is 12.3. The predicted molar refractivity (Wildman–Crippen MR) is 62.0 cm³/mol. The number of rotatable bonds is 5. The molecule has 0 amide bonds. The molecule has 4 N–H and O–H groups in total. The van der Waals surface area contributed by atoms with Gasteiger partial charge in [-0.2, -0.15) is 0 Å². The lowest BCUT2D eigenvalue weighted by Crippen LogP contribution is -2.41. The highest BCUT2D eigenvalue weighted by Crippen LogP contribution is 2.25.